The Morgan fingerprint density at radius 1 is 1.25 bits per heavy atom. The fourth-order valence-corrected chi connectivity index (χ4v) is 1.45. The van der Waals surface area contributed by atoms with Crippen molar-refractivity contribution in [2.24, 2.45) is 10.7 Å². The summed E-state index contributed by atoms with van der Waals surface area (Å²) in [5, 5.41) is 0. The average Bonchev–Trinajstić information content (AvgIpc) is 2.35. The van der Waals surface area contributed by atoms with Gasteiger partial charge in [-0.25, -0.2) is 0 Å². The Kier molecular flexibility index (Phi) is 3.10. The quantitative estimate of drug-likeness (QED) is 0.625. The van der Waals surface area contributed by atoms with Gasteiger partial charge in [-0.1, -0.05) is 6.92 Å². The third kappa shape index (κ3) is 2.16. The van der Waals surface area contributed by atoms with Crippen molar-refractivity contribution in [3.05, 3.63) is 36.2 Å². The van der Waals surface area contributed by atoms with Gasteiger partial charge in [0.15, 0.2) is 0 Å². The van der Waals surface area contributed by atoms with Crippen molar-refractivity contribution in [3.63, 3.8) is 0 Å². The number of benzene rings is 1. The third-order valence-electron chi connectivity index (χ3n) is 2.27. The van der Waals surface area contributed by atoms with E-state index < -0.39 is 0 Å². The van der Waals surface area contributed by atoms with Gasteiger partial charge in [0.05, 0.1) is 11.0 Å². The number of nitrogens with two attached hydrogens (primary N) is 1. The van der Waals surface area contributed by atoms with E-state index in [9.17, 15) is 0 Å². The van der Waals surface area contributed by atoms with E-state index in [0.717, 1.165) is 29.6 Å². The number of nitrogens with zero attached hydrogens (tertiary/aromatic N) is 3. The monoisotopic (exact) mass is 214 g/mol. The molecule has 0 amide bonds. The molecule has 1 aromatic carbocycles. The summed E-state index contributed by atoms with van der Waals surface area (Å²) >= 11 is 0. The molecule has 0 aliphatic rings. The van der Waals surface area contributed by atoms with E-state index in [1.807, 2.05) is 18.2 Å². The number of fused-ring (bicyclic) bond motifs is 1. The van der Waals surface area contributed by atoms with E-state index in [-0.39, 0.29) is 0 Å². The number of amidine groups is 1. The average molecular weight is 214 g/mol. The van der Waals surface area contributed by atoms with Gasteiger partial charge in [-0.2, -0.15) is 0 Å². The lowest BCUT2D eigenvalue weighted by Crippen LogP contribution is -2.13. The van der Waals surface area contributed by atoms with Gasteiger partial charge in [-0.3, -0.25) is 15.0 Å². The molecule has 4 nitrogen and oxygen atoms in total. The van der Waals surface area contributed by atoms with Crippen molar-refractivity contribution in [2.45, 2.75) is 13.3 Å². The van der Waals surface area contributed by atoms with Gasteiger partial charge in [0.25, 0.3) is 0 Å². The molecular formula is C12H14N4. The fraction of sp³-hybridized carbons (Fsp3) is 0.250. The topological polar surface area (TPSA) is 64.2 Å². The van der Waals surface area contributed by atoms with Crippen LogP contribution in [-0.2, 0) is 0 Å². The Hall–Kier alpha value is -1.97. The second-order valence-corrected chi connectivity index (χ2v) is 3.53. The first-order chi connectivity index (χ1) is 7.81. The summed E-state index contributed by atoms with van der Waals surface area (Å²) in [4.78, 5) is 12.7. The maximum absolute atomic E-state index is 5.87. The van der Waals surface area contributed by atoms with E-state index in [1.54, 1.807) is 12.4 Å². The van der Waals surface area contributed by atoms with Crippen LogP contribution in [0.25, 0.3) is 11.0 Å². The summed E-state index contributed by atoms with van der Waals surface area (Å²) in [6.45, 7) is 2.83. The molecule has 0 fully saturated rings. The van der Waals surface area contributed by atoms with Gasteiger partial charge in [0.2, 0.25) is 0 Å². The van der Waals surface area contributed by atoms with Gasteiger partial charge in [0, 0.05) is 24.5 Å². The largest absolute Gasteiger partial charge is 0.384 e. The van der Waals surface area contributed by atoms with Gasteiger partial charge < -0.3 is 5.73 Å². The highest BCUT2D eigenvalue weighted by Gasteiger charge is 2.01. The molecule has 0 aliphatic carbocycles. The second-order valence-electron chi connectivity index (χ2n) is 3.53. The zero-order valence-electron chi connectivity index (χ0n) is 9.22. The van der Waals surface area contributed by atoms with Crippen molar-refractivity contribution in [1.82, 2.24) is 9.97 Å². The predicted octanol–water partition coefficient (Wildman–Crippen LogP) is 1.75. The lowest BCUT2D eigenvalue weighted by Gasteiger charge is -2.02. The predicted molar refractivity (Wildman–Crippen MR) is 65.4 cm³/mol. The first-order valence-electron chi connectivity index (χ1n) is 5.32. The van der Waals surface area contributed by atoms with Crippen LogP contribution in [0.15, 0.2) is 35.6 Å². The number of aliphatic imine (C=N–C) groups is 1. The highest BCUT2D eigenvalue weighted by molar-refractivity contribution is 5.99. The molecule has 0 radical (unpaired) electrons. The van der Waals surface area contributed by atoms with Crippen molar-refractivity contribution in [1.29, 1.82) is 0 Å². The molecule has 0 bridgehead atoms. The summed E-state index contributed by atoms with van der Waals surface area (Å²) in [6, 6.07) is 5.74. The van der Waals surface area contributed by atoms with Gasteiger partial charge in [0.1, 0.15) is 5.84 Å². The first-order valence-corrected chi connectivity index (χ1v) is 5.32. The SMILES string of the molecule is CCCN=C(N)c1ccc2nccnc2c1. The molecule has 1 aromatic heterocycles. The highest BCUT2D eigenvalue weighted by Crippen LogP contribution is 2.10. The summed E-state index contributed by atoms with van der Waals surface area (Å²) < 4.78 is 0. The van der Waals surface area contributed by atoms with Gasteiger partial charge in [-0.15, -0.1) is 0 Å². The van der Waals surface area contributed by atoms with Crippen LogP contribution >= 0.6 is 0 Å². The molecule has 0 atom stereocenters. The Morgan fingerprint density at radius 2 is 2.00 bits per heavy atom. The zero-order valence-corrected chi connectivity index (χ0v) is 9.22. The molecular weight excluding hydrogens is 200 g/mol. The minimum absolute atomic E-state index is 0.564. The van der Waals surface area contributed by atoms with Gasteiger partial charge in [-0.05, 0) is 24.6 Å². The lowest BCUT2D eigenvalue weighted by atomic mass is 10.2. The molecule has 2 rings (SSSR count). The highest BCUT2D eigenvalue weighted by atomic mass is 14.8. The maximum atomic E-state index is 5.87. The van der Waals surface area contributed by atoms with Crippen molar-refractivity contribution in [3.8, 4) is 0 Å². The van der Waals surface area contributed by atoms with E-state index >= 15 is 0 Å². The molecule has 16 heavy (non-hydrogen) atoms. The second kappa shape index (κ2) is 4.70. The van der Waals surface area contributed by atoms with Crippen LogP contribution < -0.4 is 5.73 Å². The van der Waals surface area contributed by atoms with Crippen LogP contribution in [0.1, 0.15) is 18.9 Å². The van der Waals surface area contributed by atoms with Crippen molar-refractivity contribution in [2.75, 3.05) is 6.54 Å². The zero-order chi connectivity index (χ0) is 11.4. The van der Waals surface area contributed by atoms with Crippen LogP contribution in [0.3, 0.4) is 0 Å². The minimum Gasteiger partial charge on any atom is -0.384 e. The minimum atomic E-state index is 0.564. The molecule has 82 valence electrons. The molecule has 0 unspecified atom stereocenters. The molecule has 2 aromatic rings. The standard InChI is InChI=1S/C12H14N4/c1-2-5-16-12(13)9-3-4-10-11(8-9)15-7-6-14-10/h3-4,6-8H,2,5H2,1H3,(H2,13,16). The van der Waals surface area contributed by atoms with Crippen LogP contribution in [0.2, 0.25) is 0 Å². The molecule has 1 heterocycles. The Bertz CT molecular complexity index is 519. The van der Waals surface area contributed by atoms with Crippen molar-refractivity contribution < 1.29 is 0 Å². The van der Waals surface area contributed by atoms with E-state index in [2.05, 4.69) is 21.9 Å². The van der Waals surface area contributed by atoms with Crippen LogP contribution in [0, 0.1) is 0 Å². The van der Waals surface area contributed by atoms with E-state index in [1.165, 1.54) is 0 Å². The molecule has 0 spiro atoms. The Labute approximate surface area is 94.2 Å². The van der Waals surface area contributed by atoms with E-state index in [0.29, 0.717) is 5.84 Å². The molecule has 0 saturated heterocycles. The lowest BCUT2D eigenvalue weighted by molar-refractivity contribution is 0.930. The molecule has 2 N–H and O–H groups in total. The Balaban J connectivity index is 2.39. The Morgan fingerprint density at radius 3 is 2.75 bits per heavy atom. The maximum Gasteiger partial charge on any atom is 0.125 e. The van der Waals surface area contributed by atoms with Crippen LogP contribution in [0.5, 0.6) is 0 Å². The number of aromatic nitrogens is 2. The summed E-state index contributed by atoms with van der Waals surface area (Å²) in [5.74, 6) is 0.564. The van der Waals surface area contributed by atoms with Crippen LogP contribution in [-0.4, -0.2) is 22.3 Å². The number of hydrogen-bond acceptors (Lipinski definition) is 3. The fourth-order valence-electron chi connectivity index (χ4n) is 1.45. The molecule has 0 aliphatic heterocycles. The smallest absolute Gasteiger partial charge is 0.125 e. The summed E-state index contributed by atoms with van der Waals surface area (Å²) in [5.41, 5.74) is 8.49. The van der Waals surface area contributed by atoms with E-state index in [4.69, 9.17) is 5.73 Å². The van der Waals surface area contributed by atoms with Crippen LogP contribution in [0.4, 0.5) is 0 Å². The normalized spacial score (nSPS) is 11.9. The van der Waals surface area contributed by atoms with Gasteiger partial charge >= 0.3 is 0 Å². The van der Waals surface area contributed by atoms with Crippen molar-refractivity contribution >= 4 is 16.9 Å². The molecule has 0 saturated carbocycles. The third-order valence-corrected chi connectivity index (χ3v) is 2.27. The summed E-state index contributed by atoms with van der Waals surface area (Å²) in [7, 11) is 0. The number of hydrogen-bond donors (Lipinski definition) is 1. The molecule has 4 heteroatoms. The first kappa shape index (κ1) is 10.5. The summed E-state index contributed by atoms with van der Waals surface area (Å²) in [6.07, 6.45) is 4.34. The number of rotatable bonds is 3.